The standard InChI is InChI=1S/C7H6O2.BH3O3/c1-2-4-7-6(3-1)8-5-9-7;2-1(3)4/h1-4H,5H2;2-4H. The van der Waals surface area contributed by atoms with Crippen molar-refractivity contribution in [2.24, 2.45) is 0 Å². The number of hydrogen-bond acceptors (Lipinski definition) is 5. The van der Waals surface area contributed by atoms with Crippen LogP contribution in [0.1, 0.15) is 0 Å². The van der Waals surface area contributed by atoms with E-state index in [0.717, 1.165) is 11.5 Å². The van der Waals surface area contributed by atoms with Crippen LogP contribution in [0.25, 0.3) is 0 Å². The summed E-state index contributed by atoms with van der Waals surface area (Å²) < 4.78 is 10.2. The van der Waals surface area contributed by atoms with Crippen LogP contribution in [-0.4, -0.2) is 29.2 Å². The van der Waals surface area contributed by atoms with Gasteiger partial charge in [-0.25, -0.2) is 0 Å². The van der Waals surface area contributed by atoms with E-state index in [1.807, 2.05) is 24.3 Å². The fourth-order valence-corrected chi connectivity index (χ4v) is 0.845. The molecule has 0 radical (unpaired) electrons. The molecule has 0 fully saturated rings. The summed E-state index contributed by atoms with van der Waals surface area (Å²) in [5.74, 6) is 1.69. The summed E-state index contributed by atoms with van der Waals surface area (Å²) in [5.41, 5.74) is 0. The van der Waals surface area contributed by atoms with Gasteiger partial charge in [0.2, 0.25) is 6.79 Å². The molecule has 0 amide bonds. The first kappa shape index (κ1) is 9.85. The molecule has 70 valence electrons. The lowest BCUT2D eigenvalue weighted by atomic mass is 10.3. The van der Waals surface area contributed by atoms with E-state index in [-0.39, 0.29) is 0 Å². The molecule has 0 aliphatic carbocycles. The zero-order valence-electron chi connectivity index (χ0n) is 6.75. The second kappa shape index (κ2) is 4.71. The minimum Gasteiger partial charge on any atom is -0.454 e. The van der Waals surface area contributed by atoms with Crippen molar-refractivity contribution in [3.8, 4) is 11.5 Å². The van der Waals surface area contributed by atoms with Crippen molar-refractivity contribution in [2.45, 2.75) is 0 Å². The van der Waals surface area contributed by atoms with Crippen LogP contribution < -0.4 is 9.47 Å². The van der Waals surface area contributed by atoms with Gasteiger partial charge in [-0.05, 0) is 12.1 Å². The summed E-state index contributed by atoms with van der Waals surface area (Å²) in [7, 11) is -2.17. The minimum atomic E-state index is -2.17. The molecular weight excluding hydrogens is 175 g/mol. The number of benzene rings is 1. The summed E-state index contributed by atoms with van der Waals surface area (Å²) in [6, 6.07) is 7.63. The van der Waals surface area contributed by atoms with E-state index < -0.39 is 7.32 Å². The van der Waals surface area contributed by atoms with E-state index in [1.54, 1.807) is 0 Å². The minimum absolute atomic E-state index is 0.360. The van der Waals surface area contributed by atoms with Crippen molar-refractivity contribution >= 4 is 7.32 Å². The van der Waals surface area contributed by atoms with Crippen molar-refractivity contribution in [2.75, 3.05) is 6.79 Å². The fourth-order valence-electron chi connectivity index (χ4n) is 0.845. The maximum Gasteiger partial charge on any atom is 0.631 e. The fraction of sp³-hybridized carbons (Fsp3) is 0.143. The zero-order valence-corrected chi connectivity index (χ0v) is 6.75. The maximum absolute atomic E-state index is 7.17. The van der Waals surface area contributed by atoms with Gasteiger partial charge in [-0.3, -0.25) is 0 Å². The number of para-hydroxylation sites is 2. The largest absolute Gasteiger partial charge is 0.631 e. The van der Waals surface area contributed by atoms with Gasteiger partial charge in [0.05, 0.1) is 0 Å². The Morgan fingerprint density at radius 1 is 1.00 bits per heavy atom. The molecule has 13 heavy (non-hydrogen) atoms. The molecule has 0 atom stereocenters. The second-order valence-corrected chi connectivity index (χ2v) is 2.20. The summed E-state index contributed by atoms with van der Waals surface area (Å²) in [6.07, 6.45) is 0. The van der Waals surface area contributed by atoms with Crippen LogP contribution in [0.15, 0.2) is 24.3 Å². The summed E-state index contributed by atoms with van der Waals surface area (Å²) >= 11 is 0. The van der Waals surface area contributed by atoms with Gasteiger partial charge in [-0.2, -0.15) is 0 Å². The molecule has 0 saturated heterocycles. The maximum atomic E-state index is 7.17. The van der Waals surface area contributed by atoms with Crippen molar-refractivity contribution < 1.29 is 24.5 Å². The van der Waals surface area contributed by atoms with E-state index in [9.17, 15) is 0 Å². The molecule has 1 aromatic rings. The van der Waals surface area contributed by atoms with Crippen LogP contribution in [0.2, 0.25) is 0 Å². The van der Waals surface area contributed by atoms with E-state index in [2.05, 4.69) is 0 Å². The summed E-state index contributed by atoms with van der Waals surface area (Å²) in [6.45, 7) is 0.360. The highest BCUT2D eigenvalue weighted by molar-refractivity contribution is 6.30. The third kappa shape index (κ3) is 3.33. The Bertz CT molecular complexity index is 239. The lowest BCUT2D eigenvalue weighted by molar-refractivity contribution is 0.174. The number of ether oxygens (including phenoxy) is 2. The van der Waals surface area contributed by atoms with Gasteiger partial charge in [-0.15, -0.1) is 0 Å². The molecule has 0 spiro atoms. The van der Waals surface area contributed by atoms with Gasteiger partial charge in [0, 0.05) is 0 Å². The van der Waals surface area contributed by atoms with Gasteiger partial charge in [0.25, 0.3) is 0 Å². The van der Waals surface area contributed by atoms with Crippen molar-refractivity contribution in [3.63, 3.8) is 0 Å². The SMILES string of the molecule is OB(O)O.c1ccc2c(c1)OCO2. The van der Waals surface area contributed by atoms with Crippen LogP contribution >= 0.6 is 0 Å². The summed E-state index contributed by atoms with van der Waals surface area (Å²) in [4.78, 5) is 0. The monoisotopic (exact) mass is 184 g/mol. The topological polar surface area (TPSA) is 79.2 Å². The molecule has 0 bridgehead atoms. The molecule has 3 N–H and O–H groups in total. The van der Waals surface area contributed by atoms with Crippen LogP contribution in [0.4, 0.5) is 0 Å². The Kier molecular flexibility index (Phi) is 3.57. The predicted octanol–water partition coefficient (Wildman–Crippen LogP) is -0.637. The van der Waals surface area contributed by atoms with Gasteiger partial charge >= 0.3 is 7.32 Å². The predicted molar refractivity (Wildman–Crippen MR) is 45.0 cm³/mol. The van der Waals surface area contributed by atoms with Gasteiger partial charge < -0.3 is 24.5 Å². The third-order valence-electron chi connectivity index (χ3n) is 1.28. The van der Waals surface area contributed by atoms with Gasteiger partial charge in [0.1, 0.15) is 0 Å². The first-order valence-corrected chi connectivity index (χ1v) is 3.59. The van der Waals surface area contributed by atoms with E-state index in [0.29, 0.717) is 6.79 Å². The average molecular weight is 184 g/mol. The molecule has 6 heteroatoms. The van der Waals surface area contributed by atoms with Crippen LogP contribution in [0.3, 0.4) is 0 Å². The van der Waals surface area contributed by atoms with Gasteiger partial charge in [-0.1, -0.05) is 12.1 Å². The van der Waals surface area contributed by atoms with Crippen LogP contribution in [0.5, 0.6) is 11.5 Å². The average Bonchev–Trinajstić information content (AvgIpc) is 2.49. The highest BCUT2D eigenvalue weighted by Gasteiger charge is 2.09. The lowest BCUT2D eigenvalue weighted by Crippen LogP contribution is -2.07. The molecule has 1 aliphatic heterocycles. The molecule has 2 rings (SSSR count). The van der Waals surface area contributed by atoms with Crippen molar-refractivity contribution in [1.82, 2.24) is 0 Å². The second-order valence-electron chi connectivity index (χ2n) is 2.20. The molecule has 1 aromatic carbocycles. The van der Waals surface area contributed by atoms with Crippen LogP contribution in [-0.2, 0) is 0 Å². The van der Waals surface area contributed by atoms with E-state index in [1.165, 1.54) is 0 Å². The van der Waals surface area contributed by atoms with Crippen LogP contribution in [0, 0.1) is 0 Å². The normalized spacial score (nSPS) is 11.6. The first-order valence-electron chi connectivity index (χ1n) is 3.59. The molecule has 1 heterocycles. The summed E-state index contributed by atoms with van der Waals surface area (Å²) in [5, 5.41) is 21.5. The Hall–Kier alpha value is -1.24. The Balaban J connectivity index is 0.000000184. The Morgan fingerprint density at radius 3 is 1.77 bits per heavy atom. The first-order chi connectivity index (χ1) is 6.20. The highest BCUT2D eigenvalue weighted by atomic mass is 16.7. The number of rotatable bonds is 0. The Morgan fingerprint density at radius 2 is 1.38 bits per heavy atom. The van der Waals surface area contributed by atoms with Gasteiger partial charge in [0.15, 0.2) is 11.5 Å². The third-order valence-corrected chi connectivity index (χ3v) is 1.28. The van der Waals surface area contributed by atoms with Crippen molar-refractivity contribution in [3.05, 3.63) is 24.3 Å². The quantitative estimate of drug-likeness (QED) is 0.467. The molecular formula is C7H9BO5. The van der Waals surface area contributed by atoms with E-state index in [4.69, 9.17) is 24.5 Å². The molecule has 5 nitrogen and oxygen atoms in total. The number of hydrogen-bond donors (Lipinski definition) is 3. The molecule has 0 aromatic heterocycles. The molecule has 0 unspecified atom stereocenters. The van der Waals surface area contributed by atoms with Crippen molar-refractivity contribution in [1.29, 1.82) is 0 Å². The highest BCUT2D eigenvalue weighted by Crippen LogP contribution is 2.30. The number of fused-ring (bicyclic) bond motifs is 1. The lowest BCUT2D eigenvalue weighted by Gasteiger charge is -1.89. The zero-order chi connectivity index (χ0) is 9.68. The Labute approximate surface area is 75.3 Å². The van der Waals surface area contributed by atoms with E-state index >= 15 is 0 Å². The molecule has 0 saturated carbocycles. The molecule has 1 aliphatic rings. The smallest absolute Gasteiger partial charge is 0.454 e.